The maximum Gasteiger partial charge on any atom is 0.231 e. The van der Waals surface area contributed by atoms with E-state index in [0.29, 0.717) is 13.1 Å². The Kier molecular flexibility index (Phi) is 5.51. The molecule has 150 valence electrons. The van der Waals surface area contributed by atoms with Crippen LogP contribution in [0, 0.1) is 0 Å². The molecule has 1 fully saturated rings. The van der Waals surface area contributed by atoms with Gasteiger partial charge in [-0.1, -0.05) is 30.3 Å². The third-order valence-corrected chi connectivity index (χ3v) is 5.48. The van der Waals surface area contributed by atoms with Crippen molar-refractivity contribution in [2.75, 3.05) is 38.2 Å². The molecule has 6 heteroatoms. The van der Waals surface area contributed by atoms with E-state index in [-0.39, 0.29) is 24.7 Å². The van der Waals surface area contributed by atoms with Crippen LogP contribution in [-0.2, 0) is 4.79 Å². The Hall–Kier alpha value is -3.28. The number of piperazine rings is 1. The summed E-state index contributed by atoms with van der Waals surface area (Å²) in [6.45, 7) is 2.81. The van der Waals surface area contributed by atoms with Crippen molar-refractivity contribution in [2.45, 2.75) is 12.8 Å². The van der Waals surface area contributed by atoms with Crippen LogP contribution in [0.4, 0.5) is 5.69 Å². The van der Waals surface area contributed by atoms with Crippen molar-refractivity contribution >= 4 is 28.4 Å². The first kappa shape index (κ1) is 19.1. The van der Waals surface area contributed by atoms with E-state index in [2.05, 4.69) is 4.90 Å². The van der Waals surface area contributed by atoms with E-state index >= 15 is 0 Å². The standard InChI is InChI=1S/C23H25N3O3/c1-29-21-9-5-4-8-20(21)24-14-16-25(17-15-24)22(27)10-11-23(28)26-13-12-18-6-2-3-7-19(18)26/h2-9,12-13H,10-11,14-17H2,1H3. The predicted octanol–water partition coefficient (Wildman–Crippen LogP) is 3.42. The predicted molar refractivity (Wildman–Crippen MR) is 114 cm³/mol. The average Bonchev–Trinajstić information content (AvgIpc) is 3.21. The number of ether oxygens (including phenoxy) is 1. The molecule has 4 rings (SSSR count). The lowest BCUT2D eigenvalue weighted by Crippen LogP contribution is -2.49. The quantitative estimate of drug-likeness (QED) is 0.669. The first-order chi connectivity index (χ1) is 14.2. The number of amides is 1. The molecule has 0 unspecified atom stereocenters. The number of benzene rings is 2. The molecule has 2 heterocycles. The fourth-order valence-electron chi connectivity index (χ4n) is 3.88. The van der Waals surface area contributed by atoms with Crippen molar-refractivity contribution in [1.82, 2.24) is 9.47 Å². The van der Waals surface area contributed by atoms with Crippen molar-refractivity contribution < 1.29 is 14.3 Å². The molecule has 0 saturated carbocycles. The highest BCUT2D eigenvalue weighted by molar-refractivity contribution is 5.94. The summed E-state index contributed by atoms with van der Waals surface area (Å²) in [6.07, 6.45) is 2.23. The van der Waals surface area contributed by atoms with Gasteiger partial charge in [0.1, 0.15) is 5.75 Å². The van der Waals surface area contributed by atoms with Gasteiger partial charge in [-0.3, -0.25) is 14.2 Å². The molecular formula is C23H25N3O3. The zero-order chi connectivity index (χ0) is 20.2. The maximum absolute atomic E-state index is 12.6. The van der Waals surface area contributed by atoms with E-state index in [1.165, 1.54) is 0 Å². The Labute approximate surface area is 170 Å². The highest BCUT2D eigenvalue weighted by Gasteiger charge is 2.23. The Bertz CT molecular complexity index is 1020. The lowest BCUT2D eigenvalue weighted by molar-refractivity contribution is -0.131. The van der Waals surface area contributed by atoms with Gasteiger partial charge < -0.3 is 14.5 Å². The Morgan fingerprint density at radius 2 is 1.55 bits per heavy atom. The third-order valence-electron chi connectivity index (χ3n) is 5.48. The molecule has 1 aromatic heterocycles. The molecular weight excluding hydrogens is 366 g/mol. The molecule has 2 aromatic carbocycles. The first-order valence-corrected chi connectivity index (χ1v) is 9.92. The largest absolute Gasteiger partial charge is 0.495 e. The normalized spacial score (nSPS) is 14.2. The van der Waals surface area contributed by atoms with E-state index in [9.17, 15) is 9.59 Å². The molecule has 29 heavy (non-hydrogen) atoms. The molecule has 0 atom stereocenters. The summed E-state index contributed by atoms with van der Waals surface area (Å²) in [5.41, 5.74) is 1.94. The summed E-state index contributed by atoms with van der Waals surface area (Å²) in [5.74, 6) is 0.832. The van der Waals surface area contributed by atoms with Gasteiger partial charge >= 0.3 is 0 Å². The van der Waals surface area contributed by atoms with E-state index in [4.69, 9.17) is 4.74 Å². The van der Waals surface area contributed by atoms with Gasteiger partial charge in [-0.25, -0.2) is 0 Å². The fourth-order valence-corrected chi connectivity index (χ4v) is 3.88. The molecule has 6 nitrogen and oxygen atoms in total. The zero-order valence-electron chi connectivity index (χ0n) is 16.6. The van der Waals surface area contributed by atoms with Crippen molar-refractivity contribution in [3.8, 4) is 5.75 Å². The molecule has 1 aliphatic rings. The highest BCUT2D eigenvalue weighted by atomic mass is 16.5. The number of para-hydroxylation sites is 3. The Morgan fingerprint density at radius 1 is 0.862 bits per heavy atom. The number of carbonyl (C=O) groups excluding carboxylic acids is 2. The third kappa shape index (κ3) is 3.97. The van der Waals surface area contributed by atoms with Crippen molar-refractivity contribution in [2.24, 2.45) is 0 Å². The first-order valence-electron chi connectivity index (χ1n) is 9.92. The van der Waals surface area contributed by atoms with E-state index in [1.54, 1.807) is 17.9 Å². The number of hydrogen-bond acceptors (Lipinski definition) is 4. The second-order valence-corrected chi connectivity index (χ2v) is 7.18. The summed E-state index contributed by atoms with van der Waals surface area (Å²) < 4.78 is 7.08. The van der Waals surface area contributed by atoms with Crippen LogP contribution in [0.3, 0.4) is 0 Å². The summed E-state index contributed by atoms with van der Waals surface area (Å²) >= 11 is 0. The summed E-state index contributed by atoms with van der Waals surface area (Å²) in [6, 6.07) is 17.6. The number of rotatable bonds is 5. The average molecular weight is 391 g/mol. The number of aromatic nitrogens is 1. The van der Waals surface area contributed by atoms with Gasteiger partial charge in [-0.15, -0.1) is 0 Å². The fraction of sp³-hybridized carbons (Fsp3) is 0.304. The molecule has 0 aliphatic carbocycles. The maximum atomic E-state index is 12.6. The molecule has 1 aliphatic heterocycles. The SMILES string of the molecule is COc1ccccc1N1CCN(C(=O)CCC(=O)n2ccc3ccccc32)CC1. The number of carbonyl (C=O) groups is 2. The van der Waals surface area contributed by atoms with Gasteiger partial charge in [0.15, 0.2) is 0 Å². The molecule has 0 radical (unpaired) electrons. The van der Waals surface area contributed by atoms with Gasteiger partial charge in [-0.2, -0.15) is 0 Å². The minimum Gasteiger partial charge on any atom is -0.495 e. The Morgan fingerprint density at radius 3 is 2.34 bits per heavy atom. The number of nitrogens with zero attached hydrogens (tertiary/aromatic N) is 3. The molecule has 1 amide bonds. The van der Waals surface area contributed by atoms with Crippen molar-refractivity contribution in [3.63, 3.8) is 0 Å². The van der Waals surface area contributed by atoms with E-state index in [1.807, 2.05) is 59.5 Å². The molecule has 0 N–H and O–H groups in total. The minimum atomic E-state index is -0.0489. The van der Waals surface area contributed by atoms with Crippen LogP contribution in [0.2, 0.25) is 0 Å². The van der Waals surface area contributed by atoms with Crippen molar-refractivity contribution in [3.05, 3.63) is 60.8 Å². The topological polar surface area (TPSA) is 54.8 Å². The van der Waals surface area contributed by atoms with E-state index in [0.717, 1.165) is 35.4 Å². The molecule has 3 aromatic rings. The molecule has 1 saturated heterocycles. The van der Waals surface area contributed by atoms with Crippen LogP contribution in [0.15, 0.2) is 60.8 Å². The van der Waals surface area contributed by atoms with Gasteiger partial charge in [0.2, 0.25) is 11.8 Å². The lowest BCUT2D eigenvalue weighted by atomic mass is 10.2. The number of hydrogen-bond donors (Lipinski definition) is 0. The van der Waals surface area contributed by atoms with Crippen LogP contribution < -0.4 is 9.64 Å². The van der Waals surface area contributed by atoms with Crippen molar-refractivity contribution in [1.29, 1.82) is 0 Å². The zero-order valence-corrected chi connectivity index (χ0v) is 16.6. The summed E-state index contributed by atoms with van der Waals surface area (Å²) in [7, 11) is 1.67. The van der Waals surface area contributed by atoms with Crippen LogP contribution in [0.5, 0.6) is 5.75 Å². The monoisotopic (exact) mass is 391 g/mol. The second kappa shape index (κ2) is 8.39. The summed E-state index contributed by atoms with van der Waals surface area (Å²) in [5, 5.41) is 1.03. The van der Waals surface area contributed by atoms with Crippen LogP contribution in [0.25, 0.3) is 10.9 Å². The second-order valence-electron chi connectivity index (χ2n) is 7.18. The molecule has 0 spiro atoms. The molecule has 0 bridgehead atoms. The lowest BCUT2D eigenvalue weighted by Gasteiger charge is -2.36. The smallest absolute Gasteiger partial charge is 0.231 e. The van der Waals surface area contributed by atoms with Crippen LogP contribution in [-0.4, -0.2) is 54.6 Å². The van der Waals surface area contributed by atoms with E-state index < -0.39 is 0 Å². The van der Waals surface area contributed by atoms with Gasteiger partial charge in [0.05, 0.1) is 18.3 Å². The van der Waals surface area contributed by atoms with Crippen LogP contribution >= 0.6 is 0 Å². The van der Waals surface area contributed by atoms with Gasteiger partial charge in [-0.05, 0) is 24.3 Å². The number of methoxy groups -OCH3 is 1. The summed E-state index contributed by atoms with van der Waals surface area (Å²) in [4.78, 5) is 29.3. The highest BCUT2D eigenvalue weighted by Crippen LogP contribution is 2.28. The number of fused-ring (bicyclic) bond motifs is 1. The number of anilines is 1. The Balaban J connectivity index is 1.31. The van der Waals surface area contributed by atoms with Crippen LogP contribution in [0.1, 0.15) is 17.6 Å². The minimum absolute atomic E-state index is 0.0366. The van der Waals surface area contributed by atoms with Gasteiger partial charge in [0, 0.05) is 50.6 Å². The van der Waals surface area contributed by atoms with Gasteiger partial charge in [0.25, 0.3) is 0 Å².